The van der Waals surface area contributed by atoms with Gasteiger partial charge in [0, 0.05) is 0 Å². The van der Waals surface area contributed by atoms with Gasteiger partial charge in [0.15, 0.2) is 0 Å². The average molecular weight is 300 g/mol. The number of ether oxygens (including phenoxy) is 2. The summed E-state index contributed by atoms with van der Waals surface area (Å²) >= 11 is 0. The quantitative estimate of drug-likeness (QED) is 0.469. The van der Waals surface area contributed by atoms with Crippen LogP contribution in [-0.2, 0) is 0 Å². The van der Waals surface area contributed by atoms with Crippen LogP contribution in [0.1, 0.15) is 0 Å². The zero-order valence-electron chi connectivity index (χ0n) is 12.6. The Kier molecular flexibility index (Phi) is 3.57. The summed E-state index contributed by atoms with van der Waals surface area (Å²) in [5.41, 5.74) is 0. The number of rotatable bonds is 4. The van der Waals surface area contributed by atoms with Gasteiger partial charge in [-0.2, -0.15) is 0 Å². The second kappa shape index (κ2) is 6.01. The highest BCUT2D eigenvalue weighted by Gasteiger charge is 1.99. The third kappa shape index (κ3) is 2.97. The van der Waals surface area contributed by atoms with E-state index in [1.807, 2.05) is 48.5 Å². The topological polar surface area (TPSA) is 18.5 Å². The maximum atomic E-state index is 5.71. The van der Waals surface area contributed by atoms with Gasteiger partial charge in [-0.15, -0.1) is 0 Å². The van der Waals surface area contributed by atoms with E-state index in [2.05, 4.69) is 36.4 Å². The van der Waals surface area contributed by atoms with Crippen molar-refractivity contribution in [3.05, 3.63) is 84.9 Å². The third-order valence-electron chi connectivity index (χ3n) is 3.89. The molecule has 4 aromatic carbocycles. The molecular weight excluding hydrogens is 284 g/mol. The molecule has 0 radical (unpaired) electrons. The van der Waals surface area contributed by atoms with Crippen LogP contribution in [0, 0.1) is 0 Å². The molecule has 2 nitrogen and oxygen atoms in total. The van der Waals surface area contributed by atoms with Crippen molar-refractivity contribution in [2.45, 2.75) is 0 Å². The van der Waals surface area contributed by atoms with Gasteiger partial charge in [0.1, 0.15) is 11.5 Å². The molecule has 0 heterocycles. The molecule has 112 valence electrons. The molecule has 4 rings (SSSR count). The third-order valence-corrected chi connectivity index (χ3v) is 3.89. The molecule has 0 unspecified atom stereocenters. The summed E-state index contributed by atoms with van der Waals surface area (Å²) in [6.45, 7) is 0.191. The first-order valence-electron chi connectivity index (χ1n) is 7.62. The molecule has 2 heteroatoms. The lowest BCUT2D eigenvalue weighted by Crippen LogP contribution is -2.05. The van der Waals surface area contributed by atoms with Crippen LogP contribution in [0.3, 0.4) is 0 Å². The summed E-state index contributed by atoms with van der Waals surface area (Å²) in [5, 5.41) is 4.73. The Labute approximate surface area is 134 Å². The first-order valence-corrected chi connectivity index (χ1v) is 7.62. The molecule has 0 saturated heterocycles. The molecule has 4 aromatic rings. The minimum Gasteiger partial charge on any atom is -0.457 e. The van der Waals surface area contributed by atoms with Crippen molar-refractivity contribution >= 4 is 21.5 Å². The van der Waals surface area contributed by atoms with Crippen molar-refractivity contribution in [2.75, 3.05) is 6.79 Å². The Bertz CT molecular complexity index is 880. The maximum Gasteiger partial charge on any atom is 0.230 e. The Balaban J connectivity index is 1.45. The highest BCUT2D eigenvalue weighted by atomic mass is 16.7. The van der Waals surface area contributed by atoms with Crippen molar-refractivity contribution in [3.63, 3.8) is 0 Å². The smallest absolute Gasteiger partial charge is 0.230 e. The van der Waals surface area contributed by atoms with Gasteiger partial charge in [0.2, 0.25) is 6.79 Å². The fourth-order valence-electron chi connectivity index (χ4n) is 2.68. The lowest BCUT2D eigenvalue weighted by Gasteiger charge is -2.10. The van der Waals surface area contributed by atoms with Crippen LogP contribution >= 0.6 is 0 Å². The summed E-state index contributed by atoms with van der Waals surface area (Å²) < 4.78 is 11.4. The fourth-order valence-corrected chi connectivity index (χ4v) is 2.68. The molecular formula is C21H16O2. The van der Waals surface area contributed by atoms with Crippen molar-refractivity contribution < 1.29 is 9.47 Å². The monoisotopic (exact) mass is 300 g/mol. The van der Waals surface area contributed by atoms with Crippen LogP contribution in [0.25, 0.3) is 21.5 Å². The Morgan fingerprint density at radius 3 is 1.39 bits per heavy atom. The van der Waals surface area contributed by atoms with Crippen LogP contribution in [-0.4, -0.2) is 6.79 Å². The lowest BCUT2D eigenvalue weighted by molar-refractivity contribution is 0.120. The van der Waals surface area contributed by atoms with E-state index in [4.69, 9.17) is 9.47 Å². The van der Waals surface area contributed by atoms with Gasteiger partial charge >= 0.3 is 0 Å². The molecule has 0 spiro atoms. The molecule has 0 saturated carbocycles. The Hall–Kier alpha value is -3.00. The predicted octanol–water partition coefficient (Wildman–Crippen LogP) is 5.41. The fraction of sp³-hybridized carbons (Fsp3) is 0.0476. The molecule has 0 fully saturated rings. The van der Waals surface area contributed by atoms with Crippen molar-refractivity contribution in [1.82, 2.24) is 0 Å². The molecule has 23 heavy (non-hydrogen) atoms. The minimum absolute atomic E-state index is 0.191. The normalized spacial score (nSPS) is 10.8. The standard InChI is InChI=1S/C21H16O2/c1-3-7-18-13-20(11-9-16(18)5-1)22-15-23-21-12-10-17-6-2-4-8-19(17)14-21/h1-14H,15H2. The van der Waals surface area contributed by atoms with E-state index in [1.165, 1.54) is 10.8 Å². The second-order valence-corrected chi connectivity index (χ2v) is 5.42. The average Bonchev–Trinajstić information content (AvgIpc) is 2.61. The largest absolute Gasteiger partial charge is 0.457 e. The number of hydrogen-bond acceptors (Lipinski definition) is 2. The second-order valence-electron chi connectivity index (χ2n) is 5.42. The van der Waals surface area contributed by atoms with E-state index in [0.717, 1.165) is 22.3 Å². The van der Waals surface area contributed by atoms with Gasteiger partial charge in [-0.3, -0.25) is 0 Å². The lowest BCUT2D eigenvalue weighted by atomic mass is 10.1. The molecule has 0 aliphatic heterocycles. The van der Waals surface area contributed by atoms with Crippen LogP contribution < -0.4 is 9.47 Å². The van der Waals surface area contributed by atoms with E-state index in [-0.39, 0.29) is 6.79 Å². The van der Waals surface area contributed by atoms with Crippen molar-refractivity contribution in [1.29, 1.82) is 0 Å². The van der Waals surface area contributed by atoms with Crippen LogP contribution in [0.5, 0.6) is 11.5 Å². The van der Waals surface area contributed by atoms with Gasteiger partial charge < -0.3 is 9.47 Å². The van der Waals surface area contributed by atoms with Gasteiger partial charge in [-0.1, -0.05) is 60.7 Å². The van der Waals surface area contributed by atoms with Crippen molar-refractivity contribution in [3.8, 4) is 11.5 Å². The molecule has 0 aromatic heterocycles. The predicted molar refractivity (Wildman–Crippen MR) is 94.0 cm³/mol. The van der Waals surface area contributed by atoms with E-state index < -0.39 is 0 Å². The zero-order chi connectivity index (χ0) is 15.5. The van der Waals surface area contributed by atoms with E-state index in [1.54, 1.807) is 0 Å². The van der Waals surface area contributed by atoms with E-state index in [9.17, 15) is 0 Å². The molecule has 0 aliphatic rings. The summed E-state index contributed by atoms with van der Waals surface area (Å²) in [4.78, 5) is 0. The molecule has 0 atom stereocenters. The maximum absolute atomic E-state index is 5.71. The van der Waals surface area contributed by atoms with Gasteiger partial charge in [0.05, 0.1) is 0 Å². The first kappa shape index (κ1) is 13.6. The van der Waals surface area contributed by atoms with Crippen LogP contribution in [0.2, 0.25) is 0 Å². The van der Waals surface area contributed by atoms with Crippen LogP contribution in [0.4, 0.5) is 0 Å². The van der Waals surface area contributed by atoms with Crippen molar-refractivity contribution in [2.24, 2.45) is 0 Å². The summed E-state index contributed by atoms with van der Waals surface area (Å²) in [6.07, 6.45) is 0. The molecule has 0 bridgehead atoms. The molecule has 0 amide bonds. The Morgan fingerprint density at radius 1 is 0.478 bits per heavy atom. The van der Waals surface area contributed by atoms with Gasteiger partial charge in [0.25, 0.3) is 0 Å². The highest BCUT2D eigenvalue weighted by molar-refractivity contribution is 5.84. The number of benzene rings is 4. The summed E-state index contributed by atoms with van der Waals surface area (Å²) in [6, 6.07) is 28.5. The minimum atomic E-state index is 0.191. The highest BCUT2D eigenvalue weighted by Crippen LogP contribution is 2.22. The van der Waals surface area contributed by atoms with E-state index in [0.29, 0.717) is 0 Å². The van der Waals surface area contributed by atoms with Crippen LogP contribution in [0.15, 0.2) is 84.9 Å². The number of fused-ring (bicyclic) bond motifs is 2. The van der Waals surface area contributed by atoms with Gasteiger partial charge in [-0.25, -0.2) is 0 Å². The number of hydrogen-bond donors (Lipinski definition) is 0. The zero-order valence-corrected chi connectivity index (χ0v) is 12.6. The molecule has 0 aliphatic carbocycles. The molecule has 0 N–H and O–H groups in total. The summed E-state index contributed by atoms with van der Waals surface area (Å²) in [7, 11) is 0. The first-order chi connectivity index (χ1) is 11.4. The van der Waals surface area contributed by atoms with E-state index >= 15 is 0 Å². The Morgan fingerprint density at radius 2 is 0.913 bits per heavy atom. The summed E-state index contributed by atoms with van der Waals surface area (Å²) in [5.74, 6) is 1.62. The SMILES string of the molecule is c1ccc2cc(OCOc3ccc4ccccc4c3)ccc2c1. The van der Waals surface area contributed by atoms with Gasteiger partial charge in [-0.05, 0) is 45.8 Å².